The summed E-state index contributed by atoms with van der Waals surface area (Å²) in [4.78, 5) is 32.1. The minimum atomic E-state index is 0.144. The van der Waals surface area contributed by atoms with Crippen molar-refractivity contribution in [3.8, 4) is 0 Å². The van der Waals surface area contributed by atoms with E-state index in [1.54, 1.807) is 0 Å². The molecule has 10 nitrogen and oxygen atoms in total. The molecule has 0 aliphatic rings. The molecule has 0 atom stereocenters. The number of anilines is 3. The van der Waals surface area contributed by atoms with E-state index in [9.17, 15) is 0 Å². The molecule has 0 aromatic carbocycles. The van der Waals surface area contributed by atoms with Gasteiger partial charge < -0.3 is 5.32 Å². The molecule has 0 amide bonds. The van der Waals surface area contributed by atoms with Crippen LogP contribution in [0.4, 0.5) is 17.8 Å². The molecule has 0 saturated carbocycles. The number of nitrogens with one attached hydrogen (secondary N) is 1. The lowest BCUT2D eigenvalue weighted by atomic mass is 10.7. The Kier molecular flexibility index (Phi) is 6.15. The zero-order valence-electron chi connectivity index (χ0n) is 11.6. The maximum Gasteiger partial charge on any atom is 0.284 e. The van der Waals surface area contributed by atoms with Crippen LogP contribution in [0.25, 0.3) is 0 Å². The van der Waals surface area contributed by atoms with Crippen LogP contribution in [-0.2, 0) is 19.4 Å². The van der Waals surface area contributed by atoms with Gasteiger partial charge in [0.1, 0.15) is 0 Å². The van der Waals surface area contributed by atoms with Crippen molar-refractivity contribution < 1.29 is 19.4 Å². The van der Waals surface area contributed by atoms with Crippen molar-refractivity contribution in [2.75, 3.05) is 50.8 Å². The van der Waals surface area contributed by atoms with Crippen LogP contribution in [0.2, 0.25) is 0 Å². The molecule has 19 heavy (non-hydrogen) atoms. The molecule has 0 aliphatic carbocycles. The molecule has 0 saturated heterocycles. The molecular formula is C9H18N6O4. The Bertz CT molecular complexity index is 355. The number of aromatic nitrogens is 3. The van der Waals surface area contributed by atoms with Gasteiger partial charge in [0.2, 0.25) is 5.95 Å². The van der Waals surface area contributed by atoms with Crippen molar-refractivity contribution in [3.63, 3.8) is 0 Å². The normalized spacial score (nSPS) is 10.4. The predicted molar refractivity (Wildman–Crippen MR) is 67.0 cm³/mol. The van der Waals surface area contributed by atoms with E-state index in [0.29, 0.717) is 12.5 Å². The van der Waals surface area contributed by atoms with Gasteiger partial charge in [-0.25, -0.2) is 19.4 Å². The zero-order chi connectivity index (χ0) is 14.3. The quantitative estimate of drug-likeness (QED) is 0.660. The fourth-order valence-electron chi connectivity index (χ4n) is 1.23. The predicted octanol–water partition coefficient (Wildman–Crippen LogP) is 0.162. The molecule has 0 aliphatic heterocycles. The first-order valence-corrected chi connectivity index (χ1v) is 5.46. The van der Waals surface area contributed by atoms with Crippen LogP contribution in [0.1, 0.15) is 6.92 Å². The Hall–Kier alpha value is -1.75. The fourth-order valence-corrected chi connectivity index (χ4v) is 1.23. The van der Waals surface area contributed by atoms with E-state index in [0.717, 1.165) is 10.5 Å². The van der Waals surface area contributed by atoms with Crippen molar-refractivity contribution in [2.24, 2.45) is 0 Å². The largest absolute Gasteiger partial charge is 0.354 e. The summed E-state index contributed by atoms with van der Waals surface area (Å²) < 4.78 is 0. The number of nitrogens with zero attached hydrogens (tertiary/aromatic N) is 5. The number of hydrogen-bond donors (Lipinski definition) is 1. The van der Waals surface area contributed by atoms with Crippen molar-refractivity contribution >= 4 is 17.8 Å². The van der Waals surface area contributed by atoms with Crippen LogP contribution in [0.15, 0.2) is 0 Å². The second-order valence-electron chi connectivity index (χ2n) is 3.03. The van der Waals surface area contributed by atoms with Crippen LogP contribution in [0.5, 0.6) is 0 Å². The molecular weight excluding hydrogens is 256 g/mol. The second-order valence-corrected chi connectivity index (χ2v) is 3.03. The molecule has 1 N–H and O–H groups in total. The number of hydrogen-bond acceptors (Lipinski definition) is 10. The first kappa shape index (κ1) is 15.3. The summed E-state index contributed by atoms with van der Waals surface area (Å²) in [7, 11) is 5.68. The van der Waals surface area contributed by atoms with Gasteiger partial charge in [-0.1, -0.05) is 10.5 Å². The van der Waals surface area contributed by atoms with E-state index >= 15 is 0 Å². The monoisotopic (exact) mass is 274 g/mol. The highest BCUT2D eigenvalue weighted by Gasteiger charge is 2.17. The molecule has 1 heterocycles. The molecule has 1 rings (SSSR count). The van der Waals surface area contributed by atoms with E-state index < -0.39 is 0 Å². The van der Waals surface area contributed by atoms with Crippen molar-refractivity contribution in [1.82, 2.24) is 15.0 Å². The van der Waals surface area contributed by atoms with Crippen molar-refractivity contribution in [3.05, 3.63) is 0 Å². The van der Waals surface area contributed by atoms with Gasteiger partial charge >= 0.3 is 0 Å². The van der Waals surface area contributed by atoms with Gasteiger partial charge in [0, 0.05) is 6.54 Å². The highest BCUT2D eigenvalue weighted by Crippen LogP contribution is 2.16. The van der Waals surface area contributed by atoms with Gasteiger partial charge in [-0.15, -0.1) is 0 Å². The Balaban J connectivity index is 3.16. The van der Waals surface area contributed by atoms with Gasteiger partial charge in [-0.05, 0) is 6.92 Å². The van der Waals surface area contributed by atoms with Gasteiger partial charge in [0.15, 0.2) is 0 Å². The van der Waals surface area contributed by atoms with Crippen LogP contribution in [0, 0.1) is 0 Å². The summed E-state index contributed by atoms with van der Waals surface area (Å²) in [6.07, 6.45) is 0. The highest BCUT2D eigenvalue weighted by molar-refractivity contribution is 5.40. The maximum absolute atomic E-state index is 4.95. The molecule has 10 heteroatoms. The first-order valence-electron chi connectivity index (χ1n) is 5.46. The van der Waals surface area contributed by atoms with Crippen LogP contribution in [-0.4, -0.2) is 49.9 Å². The van der Waals surface area contributed by atoms with E-state index in [2.05, 4.69) is 20.3 Å². The SMILES string of the molecule is CCNc1nc(N(OC)OC)nc(N(OC)OC)n1. The summed E-state index contributed by atoms with van der Waals surface area (Å²) in [5.74, 6) is 0.621. The van der Waals surface area contributed by atoms with Gasteiger partial charge in [0.05, 0.1) is 28.4 Å². The fraction of sp³-hybridized carbons (Fsp3) is 0.667. The first-order chi connectivity index (χ1) is 9.19. The summed E-state index contributed by atoms with van der Waals surface area (Å²) in [5.41, 5.74) is 0. The molecule has 0 spiro atoms. The maximum atomic E-state index is 4.95. The summed E-state index contributed by atoms with van der Waals surface area (Å²) in [6, 6.07) is 0. The average molecular weight is 274 g/mol. The minimum Gasteiger partial charge on any atom is -0.354 e. The topological polar surface area (TPSA) is 94.1 Å². The summed E-state index contributed by atoms with van der Waals surface area (Å²) in [5, 5.41) is 5.00. The van der Waals surface area contributed by atoms with E-state index in [1.807, 2.05) is 6.92 Å². The third kappa shape index (κ3) is 3.86. The Morgan fingerprint density at radius 2 is 1.26 bits per heavy atom. The standard InChI is InChI=1S/C9H18N6O4/c1-6-10-7-11-8(14(16-2)17-3)13-9(12-7)15(18-4)19-5/h6H2,1-5H3,(H,10,11,12,13). The van der Waals surface area contributed by atoms with Crippen LogP contribution < -0.4 is 15.8 Å². The van der Waals surface area contributed by atoms with E-state index in [1.165, 1.54) is 28.4 Å². The lowest BCUT2D eigenvalue weighted by Crippen LogP contribution is -2.27. The molecule has 0 fully saturated rings. The van der Waals surface area contributed by atoms with Gasteiger partial charge in [0.25, 0.3) is 11.9 Å². The molecule has 108 valence electrons. The Morgan fingerprint density at radius 1 is 0.842 bits per heavy atom. The molecule has 0 bridgehead atoms. The summed E-state index contributed by atoms with van der Waals surface area (Å²) >= 11 is 0. The Morgan fingerprint density at radius 3 is 1.58 bits per heavy atom. The summed E-state index contributed by atoms with van der Waals surface area (Å²) in [6.45, 7) is 2.56. The minimum absolute atomic E-state index is 0.144. The zero-order valence-corrected chi connectivity index (χ0v) is 11.6. The average Bonchev–Trinajstić information content (AvgIpc) is 2.42. The molecule has 0 radical (unpaired) electrons. The van der Waals surface area contributed by atoms with Gasteiger partial charge in [-0.3, -0.25) is 0 Å². The highest BCUT2D eigenvalue weighted by atomic mass is 16.9. The van der Waals surface area contributed by atoms with E-state index in [4.69, 9.17) is 19.4 Å². The van der Waals surface area contributed by atoms with Crippen LogP contribution in [0.3, 0.4) is 0 Å². The van der Waals surface area contributed by atoms with E-state index in [-0.39, 0.29) is 11.9 Å². The Labute approximate surface area is 111 Å². The van der Waals surface area contributed by atoms with Crippen molar-refractivity contribution in [1.29, 1.82) is 0 Å². The second kappa shape index (κ2) is 7.63. The molecule has 1 aromatic rings. The van der Waals surface area contributed by atoms with Crippen molar-refractivity contribution in [2.45, 2.75) is 6.92 Å². The third-order valence-corrected chi connectivity index (χ3v) is 1.94. The van der Waals surface area contributed by atoms with Crippen LogP contribution >= 0.6 is 0 Å². The molecule has 0 unspecified atom stereocenters. The third-order valence-electron chi connectivity index (χ3n) is 1.94. The van der Waals surface area contributed by atoms with Gasteiger partial charge in [-0.2, -0.15) is 15.0 Å². The lowest BCUT2D eigenvalue weighted by molar-refractivity contribution is -0.0524. The molecule has 1 aromatic heterocycles. The lowest BCUT2D eigenvalue weighted by Gasteiger charge is -2.20. The number of rotatable bonds is 8. The smallest absolute Gasteiger partial charge is 0.284 e.